The molecule has 0 fully saturated rings. The van der Waals surface area contributed by atoms with Crippen molar-refractivity contribution in [3.63, 3.8) is 0 Å². The lowest BCUT2D eigenvalue weighted by molar-refractivity contribution is -0.147. The van der Waals surface area contributed by atoms with E-state index in [0.29, 0.717) is 31.4 Å². The number of halogens is 5. The number of amides is 1. The maximum absolute atomic E-state index is 12.9. The van der Waals surface area contributed by atoms with Crippen LogP contribution in [0.1, 0.15) is 41.1 Å². The van der Waals surface area contributed by atoms with Crippen molar-refractivity contribution >= 4 is 56.4 Å². The summed E-state index contributed by atoms with van der Waals surface area (Å²) >= 11 is 13.0. The van der Waals surface area contributed by atoms with Crippen LogP contribution in [-0.4, -0.2) is 60.6 Å². The van der Waals surface area contributed by atoms with Crippen LogP contribution in [0, 0.1) is 0 Å². The number of hydrogen-bond donors (Lipinski definition) is 2. The summed E-state index contributed by atoms with van der Waals surface area (Å²) in [7, 11) is -4.72. The first kappa shape index (κ1) is 27.3. The van der Waals surface area contributed by atoms with Crippen molar-refractivity contribution in [2.45, 2.75) is 37.9 Å². The molecule has 1 aromatic heterocycles. The molecule has 0 radical (unpaired) electrons. The molecule has 0 bridgehead atoms. The predicted octanol–water partition coefficient (Wildman–Crippen LogP) is 4.53. The number of carbonyl (C=O) groups is 2. The molecule has 33 heavy (non-hydrogen) atoms. The first-order chi connectivity index (χ1) is 15.2. The Bertz CT molecular complexity index is 1180. The number of benzene rings is 1. The van der Waals surface area contributed by atoms with Crippen molar-refractivity contribution in [3.8, 4) is 10.4 Å². The van der Waals surface area contributed by atoms with E-state index in [4.69, 9.17) is 23.2 Å². The molecule has 0 aliphatic carbocycles. The lowest BCUT2D eigenvalue weighted by Gasteiger charge is -2.19. The van der Waals surface area contributed by atoms with Gasteiger partial charge in [0, 0.05) is 18.7 Å². The maximum atomic E-state index is 12.9. The van der Waals surface area contributed by atoms with Crippen LogP contribution in [-0.2, 0) is 10.0 Å². The Morgan fingerprint density at radius 3 is 2.27 bits per heavy atom. The molecular formula is C18H18Cl2F3N3O5S2. The summed E-state index contributed by atoms with van der Waals surface area (Å²) in [5.74, 6) is -1.98. The molecule has 15 heteroatoms. The Hall–Kier alpha value is -1.93. The second-order valence-corrected chi connectivity index (χ2v) is 10.0. The third-order valence-electron chi connectivity index (χ3n) is 4.47. The van der Waals surface area contributed by atoms with Crippen LogP contribution >= 0.6 is 34.5 Å². The molecule has 182 valence electrons. The molecular weight excluding hydrogens is 530 g/mol. The Labute approximate surface area is 201 Å². The first-order valence-corrected chi connectivity index (χ1v) is 12.3. The molecule has 1 atom stereocenters. The summed E-state index contributed by atoms with van der Waals surface area (Å²) in [4.78, 5) is 28.9. The Morgan fingerprint density at radius 1 is 1.21 bits per heavy atom. The van der Waals surface area contributed by atoms with Gasteiger partial charge in [0.15, 0.2) is 0 Å². The minimum Gasteiger partial charge on any atom is -0.476 e. The molecule has 8 nitrogen and oxygen atoms in total. The van der Waals surface area contributed by atoms with Gasteiger partial charge < -0.3 is 10.0 Å². The van der Waals surface area contributed by atoms with E-state index in [0.717, 1.165) is 12.1 Å². The van der Waals surface area contributed by atoms with Gasteiger partial charge >= 0.3 is 12.1 Å². The van der Waals surface area contributed by atoms with Crippen molar-refractivity contribution in [1.82, 2.24) is 14.6 Å². The average molecular weight is 548 g/mol. The van der Waals surface area contributed by atoms with Crippen LogP contribution in [0.2, 0.25) is 10.0 Å². The second-order valence-electron chi connectivity index (χ2n) is 6.60. The minimum absolute atomic E-state index is 0.00462. The monoisotopic (exact) mass is 547 g/mol. The molecule has 2 aromatic rings. The summed E-state index contributed by atoms with van der Waals surface area (Å²) in [6, 6.07) is -0.352. The van der Waals surface area contributed by atoms with Crippen molar-refractivity contribution in [3.05, 3.63) is 32.9 Å². The number of carbonyl (C=O) groups excluding carboxylic acids is 1. The molecule has 1 amide bonds. The van der Waals surface area contributed by atoms with Gasteiger partial charge in [-0.05, 0) is 26.8 Å². The molecule has 0 saturated heterocycles. The fraction of sp³-hybridized carbons (Fsp3) is 0.389. The largest absolute Gasteiger partial charge is 0.476 e. The van der Waals surface area contributed by atoms with E-state index < -0.39 is 54.1 Å². The molecule has 0 aliphatic heterocycles. The molecule has 0 spiro atoms. The number of aromatic carboxylic acids is 1. The molecule has 1 heterocycles. The Kier molecular flexibility index (Phi) is 8.39. The van der Waals surface area contributed by atoms with E-state index in [1.807, 2.05) is 0 Å². The summed E-state index contributed by atoms with van der Waals surface area (Å²) in [6.45, 7) is 4.66. The van der Waals surface area contributed by atoms with Crippen LogP contribution in [0.3, 0.4) is 0 Å². The van der Waals surface area contributed by atoms with E-state index >= 15 is 0 Å². The third-order valence-corrected chi connectivity index (χ3v) is 8.12. The van der Waals surface area contributed by atoms with Gasteiger partial charge in [-0.1, -0.05) is 29.3 Å². The zero-order valence-electron chi connectivity index (χ0n) is 17.3. The summed E-state index contributed by atoms with van der Waals surface area (Å²) in [6.07, 6.45) is -4.83. The summed E-state index contributed by atoms with van der Waals surface area (Å²) in [5.41, 5.74) is -0.219. The van der Waals surface area contributed by atoms with E-state index in [1.165, 1.54) is 9.62 Å². The number of carboxylic acids is 1. The highest BCUT2D eigenvalue weighted by atomic mass is 35.5. The summed E-state index contributed by atoms with van der Waals surface area (Å²) < 4.78 is 64.8. The molecule has 2 rings (SSSR count). The lowest BCUT2D eigenvalue weighted by atomic mass is 10.1. The fourth-order valence-electron chi connectivity index (χ4n) is 2.68. The zero-order chi connectivity index (χ0) is 25.3. The number of nitrogens with zero attached hydrogens (tertiary/aromatic N) is 2. The van der Waals surface area contributed by atoms with Gasteiger partial charge in [-0.3, -0.25) is 4.79 Å². The number of thiazole rings is 1. The normalized spacial score (nSPS) is 13.1. The first-order valence-electron chi connectivity index (χ1n) is 9.26. The predicted molar refractivity (Wildman–Crippen MR) is 118 cm³/mol. The zero-order valence-corrected chi connectivity index (χ0v) is 20.5. The Morgan fingerprint density at radius 2 is 1.79 bits per heavy atom. The highest BCUT2D eigenvalue weighted by Gasteiger charge is 2.39. The van der Waals surface area contributed by atoms with E-state index in [2.05, 4.69) is 4.98 Å². The standard InChI is InChI=1S/C18H18Cl2F3N3O5S2/c1-4-26(5-2)16(27)13-14(32-15(24-13)17(28)29)9-6-7-10(12(20)11(9)19)33(30,31)25-8(3)18(21,22)23/h6-8,25H,4-5H2,1-3H3,(H,28,29). The number of nitrogens with one attached hydrogen (secondary N) is 1. The highest BCUT2D eigenvalue weighted by molar-refractivity contribution is 7.89. The van der Waals surface area contributed by atoms with Gasteiger partial charge in [-0.2, -0.15) is 17.9 Å². The SMILES string of the molecule is CCN(CC)C(=O)c1nc(C(=O)O)sc1-c1ccc(S(=O)(=O)NC(C)C(F)(F)F)c(Cl)c1Cl. The van der Waals surface area contributed by atoms with Crippen molar-refractivity contribution in [2.75, 3.05) is 13.1 Å². The number of sulfonamides is 1. The third kappa shape index (κ3) is 5.77. The molecule has 0 saturated carbocycles. The topological polar surface area (TPSA) is 117 Å². The minimum atomic E-state index is -4.83. The number of hydrogen-bond acceptors (Lipinski definition) is 6. The van der Waals surface area contributed by atoms with Crippen LogP contribution in [0.5, 0.6) is 0 Å². The Balaban J connectivity index is 2.63. The van der Waals surface area contributed by atoms with Gasteiger partial charge in [-0.15, -0.1) is 11.3 Å². The van der Waals surface area contributed by atoms with Gasteiger partial charge in [-0.25, -0.2) is 18.2 Å². The van der Waals surface area contributed by atoms with E-state index in [9.17, 15) is 36.3 Å². The van der Waals surface area contributed by atoms with Gasteiger partial charge in [0.1, 0.15) is 16.6 Å². The molecule has 1 aromatic carbocycles. The van der Waals surface area contributed by atoms with Crippen LogP contribution in [0.4, 0.5) is 13.2 Å². The fourth-order valence-corrected chi connectivity index (χ4v) is 5.76. The highest BCUT2D eigenvalue weighted by Crippen LogP contribution is 2.42. The lowest BCUT2D eigenvalue weighted by Crippen LogP contribution is -2.43. The molecule has 0 aliphatic rings. The van der Waals surface area contributed by atoms with Crippen LogP contribution in [0.15, 0.2) is 17.0 Å². The number of carboxylic acid groups (broad SMARTS) is 1. The molecule has 1 unspecified atom stereocenters. The van der Waals surface area contributed by atoms with Crippen molar-refractivity contribution < 1.29 is 36.3 Å². The van der Waals surface area contributed by atoms with E-state index in [-0.39, 0.29) is 16.1 Å². The van der Waals surface area contributed by atoms with Crippen LogP contribution < -0.4 is 4.72 Å². The van der Waals surface area contributed by atoms with E-state index in [1.54, 1.807) is 13.8 Å². The van der Waals surface area contributed by atoms with Gasteiger partial charge in [0.2, 0.25) is 15.0 Å². The number of aromatic nitrogens is 1. The average Bonchev–Trinajstić information content (AvgIpc) is 3.15. The maximum Gasteiger partial charge on any atom is 0.404 e. The molecule has 2 N–H and O–H groups in total. The van der Waals surface area contributed by atoms with Crippen LogP contribution in [0.25, 0.3) is 10.4 Å². The number of rotatable bonds is 8. The quantitative estimate of drug-likeness (QED) is 0.501. The smallest absolute Gasteiger partial charge is 0.404 e. The van der Waals surface area contributed by atoms with Crippen molar-refractivity contribution in [2.24, 2.45) is 0 Å². The van der Waals surface area contributed by atoms with Crippen molar-refractivity contribution in [1.29, 1.82) is 0 Å². The second kappa shape index (κ2) is 10.1. The van der Waals surface area contributed by atoms with Gasteiger partial charge in [0.05, 0.1) is 14.9 Å². The summed E-state index contributed by atoms with van der Waals surface area (Å²) in [5, 5.41) is 7.91. The van der Waals surface area contributed by atoms with Gasteiger partial charge in [0.25, 0.3) is 5.91 Å². The number of alkyl halides is 3.